The number of nitrogens with one attached hydrogen (secondary N) is 2. The van der Waals surface area contributed by atoms with Gasteiger partial charge in [0, 0.05) is 0 Å². The van der Waals surface area contributed by atoms with E-state index in [4.69, 9.17) is 0 Å². The van der Waals surface area contributed by atoms with Gasteiger partial charge in [-0.2, -0.15) is 0 Å². The summed E-state index contributed by atoms with van der Waals surface area (Å²) in [7, 11) is 0. The fourth-order valence-corrected chi connectivity index (χ4v) is 1.65. The van der Waals surface area contributed by atoms with Gasteiger partial charge in [0.05, 0.1) is 6.17 Å². The summed E-state index contributed by atoms with van der Waals surface area (Å²) in [6, 6.07) is 0. The lowest BCUT2D eigenvalue weighted by Gasteiger charge is -2.18. The van der Waals surface area contributed by atoms with Gasteiger partial charge in [-0.15, -0.1) is 0 Å². The minimum absolute atomic E-state index is 0.661. The molecule has 0 aromatic heterocycles. The maximum absolute atomic E-state index is 3.41. The highest BCUT2D eigenvalue weighted by Crippen LogP contribution is 2.19. The van der Waals surface area contributed by atoms with Crippen molar-refractivity contribution in [2.75, 3.05) is 13.1 Å². The highest BCUT2D eigenvalue weighted by Gasteiger charge is 2.26. The van der Waals surface area contributed by atoms with E-state index in [0.717, 1.165) is 5.92 Å². The average molecular weight is 112 g/mol. The zero-order valence-electron chi connectivity index (χ0n) is 4.98. The molecule has 2 fully saturated rings. The van der Waals surface area contributed by atoms with Crippen LogP contribution in [0.5, 0.6) is 0 Å². The molecule has 46 valence electrons. The van der Waals surface area contributed by atoms with Crippen molar-refractivity contribution in [2.45, 2.75) is 19.0 Å². The van der Waals surface area contributed by atoms with Crippen LogP contribution in [0.3, 0.4) is 0 Å². The van der Waals surface area contributed by atoms with E-state index >= 15 is 0 Å². The summed E-state index contributed by atoms with van der Waals surface area (Å²) >= 11 is 0. The number of hydrogen-bond donors (Lipinski definition) is 2. The molecule has 2 rings (SSSR count). The van der Waals surface area contributed by atoms with Gasteiger partial charge in [0.1, 0.15) is 0 Å². The first-order chi connectivity index (χ1) is 3.95. The van der Waals surface area contributed by atoms with E-state index < -0.39 is 0 Å². The molecule has 2 saturated heterocycles. The molecule has 2 N–H and O–H groups in total. The first-order valence-electron chi connectivity index (χ1n) is 3.42. The Morgan fingerprint density at radius 1 is 1.25 bits per heavy atom. The third-order valence-electron chi connectivity index (χ3n) is 2.17. The first kappa shape index (κ1) is 4.77. The summed E-state index contributed by atoms with van der Waals surface area (Å²) in [6.45, 7) is 2.47. The lowest BCUT2D eigenvalue weighted by molar-refractivity contribution is 0.388. The summed E-state index contributed by atoms with van der Waals surface area (Å²) in [4.78, 5) is 0. The molecule has 2 bridgehead atoms. The molecule has 0 amide bonds. The highest BCUT2D eigenvalue weighted by molar-refractivity contribution is 4.84. The molecule has 2 aliphatic heterocycles. The second kappa shape index (κ2) is 1.71. The van der Waals surface area contributed by atoms with Crippen molar-refractivity contribution in [1.29, 1.82) is 0 Å². The fourth-order valence-electron chi connectivity index (χ4n) is 1.65. The Balaban J connectivity index is 2.03. The van der Waals surface area contributed by atoms with Crippen LogP contribution in [0, 0.1) is 5.92 Å². The largest absolute Gasteiger partial charge is 0.302 e. The van der Waals surface area contributed by atoms with Gasteiger partial charge in [-0.1, -0.05) is 0 Å². The van der Waals surface area contributed by atoms with Gasteiger partial charge in [-0.25, -0.2) is 0 Å². The first-order valence-corrected chi connectivity index (χ1v) is 3.42. The SMILES string of the molecule is C1CC2CNC(C2)N1. The topological polar surface area (TPSA) is 24.1 Å². The van der Waals surface area contributed by atoms with Crippen LogP contribution < -0.4 is 10.6 Å². The van der Waals surface area contributed by atoms with Crippen LogP contribution in [0.2, 0.25) is 0 Å². The van der Waals surface area contributed by atoms with Gasteiger partial charge < -0.3 is 10.6 Å². The van der Waals surface area contributed by atoms with Crippen LogP contribution in [0.1, 0.15) is 12.8 Å². The Hall–Kier alpha value is -0.0800. The van der Waals surface area contributed by atoms with E-state index in [1.807, 2.05) is 0 Å². The monoisotopic (exact) mass is 112 g/mol. The van der Waals surface area contributed by atoms with Gasteiger partial charge in [0.2, 0.25) is 0 Å². The quantitative estimate of drug-likeness (QED) is 0.458. The molecule has 8 heavy (non-hydrogen) atoms. The van der Waals surface area contributed by atoms with E-state index in [1.54, 1.807) is 0 Å². The summed E-state index contributed by atoms with van der Waals surface area (Å²) in [5.41, 5.74) is 0. The number of rotatable bonds is 0. The summed E-state index contributed by atoms with van der Waals surface area (Å²) in [5.74, 6) is 0.987. The number of fused-ring (bicyclic) bond motifs is 2. The molecule has 2 atom stereocenters. The Morgan fingerprint density at radius 3 is 3.00 bits per heavy atom. The van der Waals surface area contributed by atoms with Crippen LogP contribution in [-0.4, -0.2) is 19.3 Å². The molecule has 0 saturated carbocycles. The lowest BCUT2D eigenvalue weighted by Crippen LogP contribution is -2.38. The molecule has 2 heteroatoms. The molecule has 0 aromatic rings. The summed E-state index contributed by atoms with van der Waals surface area (Å²) in [6.07, 6.45) is 3.40. The molecular weight excluding hydrogens is 100 g/mol. The highest BCUT2D eigenvalue weighted by atomic mass is 15.2. The third kappa shape index (κ3) is 0.644. The summed E-state index contributed by atoms with van der Waals surface area (Å²) in [5, 5.41) is 6.81. The average Bonchev–Trinajstić information content (AvgIpc) is 2.12. The van der Waals surface area contributed by atoms with Crippen molar-refractivity contribution in [3.8, 4) is 0 Å². The van der Waals surface area contributed by atoms with Crippen LogP contribution in [0.4, 0.5) is 0 Å². The van der Waals surface area contributed by atoms with Crippen LogP contribution in [-0.2, 0) is 0 Å². The maximum Gasteiger partial charge on any atom is 0.0574 e. The van der Waals surface area contributed by atoms with Gasteiger partial charge >= 0.3 is 0 Å². The summed E-state index contributed by atoms with van der Waals surface area (Å²) < 4.78 is 0. The van der Waals surface area contributed by atoms with Gasteiger partial charge in [-0.05, 0) is 31.8 Å². The zero-order valence-corrected chi connectivity index (χ0v) is 4.98. The Labute approximate surface area is 49.7 Å². The molecule has 0 aliphatic carbocycles. The minimum Gasteiger partial charge on any atom is -0.302 e. The van der Waals surface area contributed by atoms with Gasteiger partial charge in [-0.3, -0.25) is 0 Å². The Bertz CT molecular complexity index is 78.5. The standard InChI is InChI=1S/C6H12N2/c1-2-7-6-3-5(1)4-8-6/h5-8H,1-4H2. The van der Waals surface area contributed by atoms with Crippen molar-refractivity contribution < 1.29 is 0 Å². The molecule has 2 nitrogen and oxygen atoms in total. The fraction of sp³-hybridized carbons (Fsp3) is 1.00. The lowest BCUT2D eigenvalue weighted by atomic mass is 10.0. The minimum atomic E-state index is 0.661. The second-order valence-corrected chi connectivity index (χ2v) is 2.81. The van der Waals surface area contributed by atoms with E-state index in [2.05, 4.69) is 10.6 Å². The van der Waals surface area contributed by atoms with Gasteiger partial charge in [0.15, 0.2) is 0 Å². The molecule has 0 spiro atoms. The predicted octanol–water partition coefficient (Wildman–Crippen LogP) is -0.0847. The normalized spacial score (nSPS) is 45.0. The van der Waals surface area contributed by atoms with E-state index in [0.29, 0.717) is 6.17 Å². The molecule has 2 heterocycles. The van der Waals surface area contributed by atoms with Crippen LogP contribution in [0.25, 0.3) is 0 Å². The molecule has 0 aromatic carbocycles. The molecular formula is C6H12N2. The van der Waals surface area contributed by atoms with Gasteiger partial charge in [0.25, 0.3) is 0 Å². The molecule has 2 aliphatic rings. The number of piperidine rings is 1. The molecule has 2 unspecified atom stereocenters. The Morgan fingerprint density at radius 2 is 2.25 bits per heavy atom. The van der Waals surface area contributed by atoms with Crippen molar-refractivity contribution in [3.63, 3.8) is 0 Å². The zero-order chi connectivity index (χ0) is 5.40. The van der Waals surface area contributed by atoms with Crippen molar-refractivity contribution in [3.05, 3.63) is 0 Å². The smallest absolute Gasteiger partial charge is 0.0574 e. The van der Waals surface area contributed by atoms with E-state index in [9.17, 15) is 0 Å². The second-order valence-electron chi connectivity index (χ2n) is 2.81. The Kier molecular flexibility index (Phi) is 1.02. The van der Waals surface area contributed by atoms with Crippen LogP contribution >= 0.6 is 0 Å². The molecule has 0 radical (unpaired) electrons. The van der Waals surface area contributed by atoms with E-state index in [-0.39, 0.29) is 0 Å². The maximum atomic E-state index is 3.41. The van der Waals surface area contributed by atoms with Crippen molar-refractivity contribution in [2.24, 2.45) is 5.92 Å². The third-order valence-corrected chi connectivity index (χ3v) is 2.17. The predicted molar refractivity (Wildman–Crippen MR) is 32.5 cm³/mol. The number of hydrogen-bond acceptors (Lipinski definition) is 2. The van der Waals surface area contributed by atoms with Crippen LogP contribution in [0.15, 0.2) is 0 Å². The van der Waals surface area contributed by atoms with E-state index in [1.165, 1.54) is 25.9 Å². The van der Waals surface area contributed by atoms with Crippen molar-refractivity contribution in [1.82, 2.24) is 10.6 Å². The van der Waals surface area contributed by atoms with Crippen molar-refractivity contribution >= 4 is 0 Å².